The second-order valence-corrected chi connectivity index (χ2v) is 5.23. The van der Waals surface area contributed by atoms with E-state index in [0.29, 0.717) is 0 Å². The number of halogens is 1. The maximum atomic E-state index is 13.4. The number of benzene rings is 1. The van der Waals surface area contributed by atoms with Crippen molar-refractivity contribution < 1.29 is 12.8 Å². The van der Waals surface area contributed by atoms with Crippen LogP contribution in [-0.2, 0) is 10.0 Å². The molecule has 1 N–H and O–H groups in total. The van der Waals surface area contributed by atoms with Crippen LogP contribution >= 0.6 is 0 Å². The molecular weight excluding hydrogens is 269 g/mol. The van der Waals surface area contributed by atoms with Crippen molar-refractivity contribution in [2.45, 2.75) is 4.90 Å². The zero-order chi connectivity index (χ0) is 13.9. The third-order valence-corrected chi connectivity index (χ3v) is 3.64. The Labute approximate surface area is 109 Å². The van der Waals surface area contributed by atoms with Gasteiger partial charge in [-0.3, -0.25) is 4.72 Å². The molecule has 19 heavy (non-hydrogen) atoms. The number of aromatic nitrogens is 1. The number of hydrogen-bond donors (Lipinski definition) is 1. The molecule has 7 heteroatoms. The van der Waals surface area contributed by atoms with Gasteiger partial charge in [0.25, 0.3) is 10.0 Å². The highest BCUT2D eigenvalue weighted by molar-refractivity contribution is 7.92. The Morgan fingerprint density at radius 3 is 2.68 bits per heavy atom. The quantitative estimate of drug-likeness (QED) is 0.928. The van der Waals surface area contributed by atoms with Gasteiger partial charge in [0, 0.05) is 6.20 Å². The lowest BCUT2D eigenvalue weighted by Crippen LogP contribution is -2.15. The molecule has 1 aromatic heterocycles. The van der Waals surface area contributed by atoms with Gasteiger partial charge in [-0.05, 0) is 24.3 Å². The number of pyridine rings is 1. The van der Waals surface area contributed by atoms with Crippen LogP contribution in [-0.4, -0.2) is 13.4 Å². The summed E-state index contributed by atoms with van der Waals surface area (Å²) in [6, 6.07) is 9.55. The van der Waals surface area contributed by atoms with Crippen molar-refractivity contribution in [3.63, 3.8) is 0 Å². The Hall–Kier alpha value is -2.46. The zero-order valence-corrected chi connectivity index (χ0v) is 10.4. The number of hydrogen-bond acceptors (Lipinski definition) is 4. The normalized spacial score (nSPS) is 10.7. The maximum absolute atomic E-state index is 13.4. The zero-order valence-electron chi connectivity index (χ0n) is 9.54. The molecule has 0 unspecified atom stereocenters. The number of nitriles is 1. The monoisotopic (exact) mass is 277 g/mol. The molecule has 0 saturated carbocycles. The molecule has 0 aliphatic carbocycles. The van der Waals surface area contributed by atoms with E-state index in [9.17, 15) is 12.8 Å². The van der Waals surface area contributed by atoms with Crippen molar-refractivity contribution in [1.82, 2.24) is 4.98 Å². The van der Waals surface area contributed by atoms with Gasteiger partial charge in [0.05, 0.1) is 11.6 Å². The molecule has 2 rings (SSSR count). The molecule has 0 aliphatic heterocycles. The summed E-state index contributed by atoms with van der Waals surface area (Å²) in [5.74, 6) is -0.895. The van der Waals surface area contributed by atoms with Crippen LogP contribution in [0.4, 0.5) is 10.2 Å². The summed E-state index contributed by atoms with van der Waals surface area (Å²) in [4.78, 5) is 3.29. The lowest BCUT2D eigenvalue weighted by molar-refractivity contribution is 0.570. The first-order valence-electron chi connectivity index (χ1n) is 5.16. The number of rotatable bonds is 3. The van der Waals surface area contributed by atoms with Crippen LogP contribution in [0.5, 0.6) is 0 Å². The third kappa shape index (κ3) is 2.86. The van der Waals surface area contributed by atoms with E-state index in [4.69, 9.17) is 5.26 Å². The minimum absolute atomic E-state index is 0.0395. The molecule has 0 bridgehead atoms. The summed E-state index contributed by atoms with van der Waals surface area (Å²) in [5.41, 5.74) is 0.251. The van der Waals surface area contributed by atoms with Gasteiger partial charge in [-0.1, -0.05) is 12.1 Å². The van der Waals surface area contributed by atoms with Crippen molar-refractivity contribution in [2.24, 2.45) is 0 Å². The van der Waals surface area contributed by atoms with Crippen LogP contribution in [0.25, 0.3) is 0 Å². The van der Waals surface area contributed by atoms with E-state index in [-0.39, 0.29) is 11.4 Å². The van der Waals surface area contributed by atoms with E-state index in [1.54, 1.807) is 0 Å². The average Bonchev–Trinajstić information content (AvgIpc) is 2.38. The first-order valence-corrected chi connectivity index (χ1v) is 6.65. The second kappa shape index (κ2) is 5.04. The Morgan fingerprint density at radius 1 is 1.26 bits per heavy atom. The topological polar surface area (TPSA) is 82.8 Å². The third-order valence-electron chi connectivity index (χ3n) is 2.25. The molecule has 0 amide bonds. The van der Waals surface area contributed by atoms with Gasteiger partial charge >= 0.3 is 0 Å². The molecule has 0 saturated heterocycles. The summed E-state index contributed by atoms with van der Waals surface area (Å²) in [5, 5.41) is 8.71. The van der Waals surface area contributed by atoms with E-state index in [1.807, 2.05) is 6.07 Å². The van der Waals surface area contributed by atoms with Crippen molar-refractivity contribution in [3.8, 4) is 6.07 Å². The number of anilines is 1. The summed E-state index contributed by atoms with van der Waals surface area (Å²) in [6.07, 6.45) is 1.29. The summed E-state index contributed by atoms with van der Waals surface area (Å²) in [7, 11) is -4.07. The highest BCUT2D eigenvalue weighted by Crippen LogP contribution is 2.17. The van der Waals surface area contributed by atoms with E-state index >= 15 is 0 Å². The summed E-state index contributed by atoms with van der Waals surface area (Å²) < 4.78 is 39.5. The van der Waals surface area contributed by atoms with Crippen molar-refractivity contribution in [2.75, 3.05) is 4.72 Å². The van der Waals surface area contributed by atoms with Gasteiger partial charge in [0.2, 0.25) is 0 Å². The van der Waals surface area contributed by atoms with Gasteiger partial charge in [-0.15, -0.1) is 0 Å². The predicted molar refractivity (Wildman–Crippen MR) is 66.2 cm³/mol. The van der Waals surface area contributed by atoms with Crippen LogP contribution in [0.3, 0.4) is 0 Å². The Bertz CT molecular complexity index is 754. The molecule has 1 heterocycles. The van der Waals surface area contributed by atoms with Crippen LogP contribution in [0.15, 0.2) is 47.5 Å². The lowest BCUT2D eigenvalue weighted by atomic mass is 10.3. The minimum Gasteiger partial charge on any atom is -0.263 e. The molecule has 2 aromatic rings. The molecule has 1 aromatic carbocycles. The smallest absolute Gasteiger partial charge is 0.263 e. The van der Waals surface area contributed by atoms with Gasteiger partial charge in [-0.2, -0.15) is 5.26 Å². The standard InChI is InChI=1S/C12H8FN3O2S/c13-10-3-1-2-4-11(10)19(17,18)16-12-7-9(8-14)5-6-15-12/h1-7H,(H,15,16). The van der Waals surface area contributed by atoms with Crippen molar-refractivity contribution in [1.29, 1.82) is 5.26 Å². The maximum Gasteiger partial charge on any atom is 0.265 e. The number of sulfonamides is 1. The van der Waals surface area contributed by atoms with E-state index < -0.39 is 20.7 Å². The van der Waals surface area contributed by atoms with Gasteiger partial charge in [-0.25, -0.2) is 17.8 Å². The minimum atomic E-state index is -4.07. The van der Waals surface area contributed by atoms with E-state index in [0.717, 1.165) is 12.1 Å². The Balaban J connectivity index is 2.37. The lowest BCUT2D eigenvalue weighted by Gasteiger charge is -2.07. The van der Waals surface area contributed by atoms with E-state index in [2.05, 4.69) is 9.71 Å². The Morgan fingerprint density at radius 2 is 2.00 bits per heavy atom. The molecular formula is C12H8FN3O2S. The molecule has 0 aliphatic rings. The average molecular weight is 277 g/mol. The first-order chi connectivity index (χ1) is 9.03. The molecule has 0 atom stereocenters. The van der Waals surface area contributed by atoms with Crippen molar-refractivity contribution >= 4 is 15.8 Å². The van der Waals surface area contributed by atoms with Crippen LogP contribution in [0, 0.1) is 17.1 Å². The van der Waals surface area contributed by atoms with Crippen LogP contribution in [0.2, 0.25) is 0 Å². The summed E-state index contributed by atoms with van der Waals surface area (Å²) >= 11 is 0. The van der Waals surface area contributed by atoms with Crippen molar-refractivity contribution in [3.05, 3.63) is 54.0 Å². The molecule has 0 fully saturated rings. The van der Waals surface area contributed by atoms with Gasteiger partial charge < -0.3 is 0 Å². The van der Waals surface area contributed by atoms with Gasteiger partial charge in [0.1, 0.15) is 16.5 Å². The fourth-order valence-corrected chi connectivity index (χ4v) is 2.49. The highest BCUT2D eigenvalue weighted by Gasteiger charge is 2.19. The molecule has 0 spiro atoms. The summed E-state index contributed by atoms with van der Waals surface area (Å²) in [6.45, 7) is 0. The Kier molecular flexibility index (Phi) is 3.44. The SMILES string of the molecule is N#Cc1ccnc(NS(=O)(=O)c2ccccc2F)c1. The fourth-order valence-electron chi connectivity index (χ4n) is 1.41. The molecule has 5 nitrogen and oxygen atoms in total. The highest BCUT2D eigenvalue weighted by atomic mass is 32.2. The van der Waals surface area contributed by atoms with Gasteiger partial charge in [0.15, 0.2) is 0 Å². The second-order valence-electron chi connectivity index (χ2n) is 3.58. The largest absolute Gasteiger partial charge is 0.265 e. The number of nitrogens with zero attached hydrogens (tertiary/aromatic N) is 2. The fraction of sp³-hybridized carbons (Fsp3) is 0. The molecule has 0 radical (unpaired) electrons. The van der Waals surface area contributed by atoms with Crippen LogP contribution in [0.1, 0.15) is 5.56 Å². The van der Waals surface area contributed by atoms with E-state index in [1.165, 1.54) is 30.5 Å². The molecule has 96 valence electrons. The van der Waals surface area contributed by atoms with Crippen LogP contribution < -0.4 is 4.72 Å². The predicted octanol–water partition coefficient (Wildman–Crippen LogP) is 1.89. The number of nitrogens with one attached hydrogen (secondary N) is 1. The first kappa shape index (κ1) is 13.0.